The van der Waals surface area contributed by atoms with E-state index in [1.807, 2.05) is 12.1 Å². The lowest BCUT2D eigenvalue weighted by Crippen LogP contribution is -2.29. The van der Waals surface area contributed by atoms with E-state index in [-0.39, 0.29) is 11.8 Å². The molecular formula is C31H46N2O4. The molecule has 6 nitrogen and oxygen atoms in total. The lowest BCUT2D eigenvalue weighted by atomic mass is 10.1. The zero-order valence-corrected chi connectivity index (χ0v) is 23.6. The van der Waals surface area contributed by atoms with Gasteiger partial charge < -0.3 is 19.3 Å². The van der Waals surface area contributed by atoms with Crippen LogP contribution in [0.15, 0.2) is 42.5 Å². The second-order valence-electron chi connectivity index (χ2n) is 9.68. The number of amides is 2. The van der Waals surface area contributed by atoms with Gasteiger partial charge in [-0.15, -0.1) is 0 Å². The SMILES string of the molecule is CCCCCCCCCCOc1ccc(C(=O)N(C)c2cc(C(=O)N(C)CCCC)ccc2OC)cc1. The molecule has 2 amide bonds. The molecule has 2 rings (SSSR count). The van der Waals surface area contributed by atoms with Crippen molar-refractivity contribution in [1.82, 2.24) is 4.90 Å². The molecule has 2 aromatic carbocycles. The van der Waals surface area contributed by atoms with Gasteiger partial charge in [0.1, 0.15) is 11.5 Å². The largest absolute Gasteiger partial charge is 0.495 e. The minimum atomic E-state index is -0.183. The minimum Gasteiger partial charge on any atom is -0.495 e. The van der Waals surface area contributed by atoms with Gasteiger partial charge in [-0.1, -0.05) is 65.2 Å². The second-order valence-corrected chi connectivity index (χ2v) is 9.68. The Labute approximate surface area is 223 Å². The second kappa shape index (κ2) is 16.7. The number of anilines is 1. The van der Waals surface area contributed by atoms with E-state index in [9.17, 15) is 9.59 Å². The molecule has 204 valence electrons. The molecule has 6 heteroatoms. The Bertz CT molecular complexity index is 958. The first-order chi connectivity index (χ1) is 17.9. The fourth-order valence-electron chi connectivity index (χ4n) is 4.23. The Morgan fingerprint density at radius 3 is 1.95 bits per heavy atom. The molecule has 0 fully saturated rings. The Morgan fingerprint density at radius 2 is 1.32 bits per heavy atom. The molecule has 0 aliphatic rings. The van der Waals surface area contributed by atoms with Gasteiger partial charge in [0, 0.05) is 31.8 Å². The third-order valence-corrected chi connectivity index (χ3v) is 6.65. The molecule has 0 spiro atoms. The molecule has 0 saturated heterocycles. The van der Waals surface area contributed by atoms with E-state index < -0.39 is 0 Å². The van der Waals surface area contributed by atoms with Gasteiger partial charge in [-0.3, -0.25) is 9.59 Å². The van der Waals surface area contributed by atoms with Crippen LogP contribution in [0.5, 0.6) is 11.5 Å². The van der Waals surface area contributed by atoms with Crippen molar-refractivity contribution in [2.75, 3.05) is 39.3 Å². The van der Waals surface area contributed by atoms with Crippen molar-refractivity contribution in [2.24, 2.45) is 0 Å². The molecular weight excluding hydrogens is 464 g/mol. The van der Waals surface area contributed by atoms with Crippen LogP contribution in [0.3, 0.4) is 0 Å². The summed E-state index contributed by atoms with van der Waals surface area (Å²) in [5, 5.41) is 0. The maximum atomic E-state index is 13.2. The van der Waals surface area contributed by atoms with Crippen molar-refractivity contribution in [2.45, 2.75) is 78.1 Å². The highest BCUT2D eigenvalue weighted by atomic mass is 16.5. The maximum absolute atomic E-state index is 13.2. The normalized spacial score (nSPS) is 10.7. The van der Waals surface area contributed by atoms with Crippen molar-refractivity contribution in [1.29, 1.82) is 0 Å². The van der Waals surface area contributed by atoms with Crippen LogP contribution in [-0.2, 0) is 0 Å². The Morgan fingerprint density at radius 1 is 0.730 bits per heavy atom. The summed E-state index contributed by atoms with van der Waals surface area (Å²) in [5.41, 5.74) is 1.62. The molecule has 0 N–H and O–H groups in total. The van der Waals surface area contributed by atoms with E-state index in [0.717, 1.165) is 25.0 Å². The first kappa shape index (κ1) is 30.2. The molecule has 0 aliphatic carbocycles. The number of unbranched alkanes of at least 4 members (excludes halogenated alkanes) is 8. The number of carbonyl (C=O) groups is 2. The molecule has 37 heavy (non-hydrogen) atoms. The quantitative estimate of drug-likeness (QED) is 0.209. The van der Waals surface area contributed by atoms with Gasteiger partial charge in [-0.25, -0.2) is 0 Å². The predicted octanol–water partition coefficient (Wildman–Crippen LogP) is 7.36. The van der Waals surface area contributed by atoms with Gasteiger partial charge >= 0.3 is 0 Å². The van der Waals surface area contributed by atoms with E-state index in [4.69, 9.17) is 9.47 Å². The lowest BCUT2D eigenvalue weighted by molar-refractivity contribution is 0.0792. The van der Waals surface area contributed by atoms with Crippen molar-refractivity contribution >= 4 is 17.5 Å². The minimum absolute atomic E-state index is 0.0730. The summed E-state index contributed by atoms with van der Waals surface area (Å²) in [4.78, 5) is 29.3. The lowest BCUT2D eigenvalue weighted by Gasteiger charge is -2.22. The van der Waals surface area contributed by atoms with Crippen molar-refractivity contribution in [3.63, 3.8) is 0 Å². The van der Waals surface area contributed by atoms with Crippen LogP contribution < -0.4 is 14.4 Å². The summed E-state index contributed by atoms with van der Waals surface area (Å²) in [6, 6.07) is 12.4. The summed E-state index contributed by atoms with van der Waals surface area (Å²) in [6.07, 6.45) is 12.1. The summed E-state index contributed by atoms with van der Waals surface area (Å²) < 4.78 is 11.4. The number of rotatable bonds is 17. The number of carbonyl (C=O) groups excluding carboxylic acids is 2. The zero-order chi connectivity index (χ0) is 27.0. The third-order valence-electron chi connectivity index (χ3n) is 6.65. The molecule has 0 aliphatic heterocycles. The average molecular weight is 511 g/mol. The van der Waals surface area contributed by atoms with E-state index in [2.05, 4.69) is 13.8 Å². The molecule has 0 radical (unpaired) electrons. The summed E-state index contributed by atoms with van der Waals surface area (Å²) in [5.74, 6) is 1.05. The van der Waals surface area contributed by atoms with Crippen LogP contribution in [-0.4, -0.2) is 51.1 Å². The monoisotopic (exact) mass is 510 g/mol. The molecule has 0 bridgehead atoms. The molecule has 0 aromatic heterocycles. The third kappa shape index (κ3) is 9.75. The Hall–Kier alpha value is -3.02. The average Bonchev–Trinajstić information content (AvgIpc) is 2.93. The number of methoxy groups -OCH3 is 1. The number of hydrogen-bond acceptors (Lipinski definition) is 4. The maximum Gasteiger partial charge on any atom is 0.258 e. The van der Waals surface area contributed by atoms with Gasteiger partial charge in [0.05, 0.1) is 19.4 Å². The fourth-order valence-corrected chi connectivity index (χ4v) is 4.23. The summed E-state index contributed by atoms with van der Waals surface area (Å²) in [6.45, 7) is 5.72. The van der Waals surface area contributed by atoms with Gasteiger partial charge in [0.2, 0.25) is 0 Å². The molecule has 0 heterocycles. The van der Waals surface area contributed by atoms with Gasteiger partial charge in [0.25, 0.3) is 11.8 Å². The molecule has 2 aromatic rings. The van der Waals surface area contributed by atoms with Crippen LogP contribution in [0.25, 0.3) is 0 Å². The molecule has 0 saturated carbocycles. The van der Waals surface area contributed by atoms with Gasteiger partial charge in [-0.2, -0.15) is 0 Å². The first-order valence-electron chi connectivity index (χ1n) is 13.9. The molecule has 0 unspecified atom stereocenters. The number of benzene rings is 2. The van der Waals surface area contributed by atoms with E-state index >= 15 is 0 Å². The highest BCUT2D eigenvalue weighted by molar-refractivity contribution is 6.07. The van der Waals surface area contributed by atoms with Gasteiger partial charge in [0.15, 0.2) is 0 Å². The summed E-state index contributed by atoms with van der Waals surface area (Å²) >= 11 is 0. The van der Waals surface area contributed by atoms with Crippen LogP contribution in [0.1, 0.15) is 98.8 Å². The highest BCUT2D eigenvalue weighted by Crippen LogP contribution is 2.30. The summed E-state index contributed by atoms with van der Waals surface area (Å²) in [7, 11) is 5.06. The smallest absolute Gasteiger partial charge is 0.258 e. The highest BCUT2D eigenvalue weighted by Gasteiger charge is 2.20. The number of nitrogens with zero attached hydrogens (tertiary/aromatic N) is 2. The standard InChI is InChI=1S/C31H46N2O4/c1-6-8-10-11-12-13-14-15-23-37-27-19-16-25(17-20-27)31(35)33(4)28-24-26(18-21-29(28)36-5)30(34)32(3)22-9-7-2/h16-21,24H,6-15,22-23H2,1-5H3. The Balaban J connectivity index is 1.94. The molecule has 0 atom stereocenters. The van der Waals surface area contributed by atoms with Crippen LogP contribution in [0, 0.1) is 0 Å². The van der Waals surface area contributed by atoms with E-state index in [1.54, 1.807) is 56.4 Å². The topological polar surface area (TPSA) is 59.1 Å². The first-order valence-corrected chi connectivity index (χ1v) is 13.9. The van der Waals surface area contributed by atoms with E-state index in [0.29, 0.717) is 35.7 Å². The van der Waals surface area contributed by atoms with E-state index in [1.165, 1.54) is 49.8 Å². The van der Waals surface area contributed by atoms with Crippen molar-refractivity contribution in [3.8, 4) is 11.5 Å². The van der Waals surface area contributed by atoms with Crippen LogP contribution >= 0.6 is 0 Å². The fraction of sp³-hybridized carbons (Fsp3) is 0.548. The van der Waals surface area contributed by atoms with Crippen molar-refractivity contribution in [3.05, 3.63) is 53.6 Å². The Kier molecular flexibility index (Phi) is 13.6. The van der Waals surface area contributed by atoms with Crippen LogP contribution in [0.2, 0.25) is 0 Å². The van der Waals surface area contributed by atoms with Gasteiger partial charge in [-0.05, 0) is 55.3 Å². The zero-order valence-electron chi connectivity index (χ0n) is 23.6. The van der Waals surface area contributed by atoms with Crippen molar-refractivity contribution < 1.29 is 19.1 Å². The number of hydrogen-bond donors (Lipinski definition) is 0. The predicted molar refractivity (Wildman–Crippen MR) is 152 cm³/mol. The van der Waals surface area contributed by atoms with Crippen LogP contribution in [0.4, 0.5) is 5.69 Å². The number of ether oxygens (including phenoxy) is 2.